The summed E-state index contributed by atoms with van der Waals surface area (Å²) in [6.45, 7) is 2.30. The maximum absolute atomic E-state index is 6.70. The van der Waals surface area contributed by atoms with E-state index < -0.39 is 0 Å². The predicted molar refractivity (Wildman–Crippen MR) is 105 cm³/mol. The molecule has 4 rings (SSSR count). The van der Waals surface area contributed by atoms with E-state index in [0.717, 1.165) is 37.2 Å². The summed E-state index contributed by atoms with van der Waals surface area (Å²) >= 11 is 12.7. The van der Waals surface area contributed by atoms with Crippen molar-refractivity contribution in [2.75, 3.05) is 27.2 Å². The van der Waals surface area contributed by atoms with Gasteiger partial charge in [0, 0.05) is 23.0 Å². The first-order chi connectivity index (χ1) is 12.0. The van der Waals surface area contributed by atoms with Crippen molar-refractivity contribution in [1.29, 1.82) is 0 Å². The topological polar surface area (TPSA) is 15.7 Å². The van der Waals surface area contributed by atoms with Gasteiger partial charge in [-0.25, -0.2) is 0 Å². The maximum Gasteiger partial charge on any atom is 0.186 e. The molecule has 2 fully saturated rings. The summed E-state index contributed by atoms with van der Waals surface area (Å²) in [5.74, 6) is 0.788. The first kappa shape index (κ1) is 17.7. The molecule has 136 valence electrons. The average molecular weight is 381 g/mol. The highest BCUT2D eigenvalue weighted by atomic mass is 35.5. The van der Waals surface area contributed by atoms with Crippen LogP contribution in [0, 0.1) is 0 Å². The Morgan fingerprint density at radius 1 is 1.20 bits per heavy atom. The number of likely N-dealkylation sites (N-methyl/N-ethyl adjacent to an activating group) is 1. The average Bonchev–Trinajstić information content (AvgIpc) is 2.60. The fourth-order valence-electron chi connectivity index (χ4n) is 4.64. The summed E-state index contributed by atoms with van der Waals surface area (Å²) in [5, 5.41) is 1.27. The van der Waals surface area contributed by atoms with E-state index in [1.165, 1.54) is 31.3 Å². The lowest BCUT2D eigenvalue weighted by atomic mass is 9.81. The minimum absolute atomic E-state index is 0.344. The maximum atomic E-state index is 6.70. The minimum atomic E-state index is -0.344. The Morgan fingerprint density at radius 2 is 1.96 bits per heavy atom. The third-order valence-corrected chi connectivity index (χ3v) is 6.66. The van der Waals surface area contributed by atoms with Crippen molar-refractivity contribution in [3.8, 4) is 5.75 Å². The van der Waals surface area contributed by atoms with Crippen molar-refractivity contribution in [3.05, 3.63) is 33.3 Å². The van der Waals surface area contributed by atoms with Gasteiger partial charge in [-0.2, -0.15) is 0 Å². The summed E-state index contributed by atoms with van der Waals surface area (Å²) in [6, 6.07) is 4.29. The van der Waals surface area contributed by atoms with Gasteiger partial charge in [-0.15, -0.1) is 0 Å². The van der Waals surface area contributed by atoms with Crippen molar-refractivity contribution < 1.29 is 4.74 Å². The van der Waals surface area contributed by atoms with Crippen LogP contribution in [0.2, 0.25) is 10.0 Å². The first-order valence-corrected chi connectivity index (χ1v) is 10.1. The molecule has 1 aliphatic carbocycles. The SMILES string of the molecule is CN1CCC(N(C)C23CCCCC2=Cc2cc(Cl)cc(Cl)c2O3)CC1. The number of hydrogen-bond donors (Lipinski definition) is 0. The molecular formula is C20H26Cl2N2O. The molecule has 1 aromatic carbocycles. The van der Waals surface area contributed by atoms with Crippen molar-refractivity contribution in [2.24, 2.45) is 0 Å². The zero-order valence-electron chi connectivity index (χ0n) is 15.0. The van der Waals surface area contributed by atoms with E-state index in [0.29, 0.717) is 16.1 Å². The van der Waals surface area contributed by atoms with Gasteiger partial charge >= 0.3 is 0 Å². The van der Waals surface area contributed by atoms with Crippen molar-refractivity contribution in [1.82, 2.24) is 9.80 Å². The van der Waals surface area contributed by atoms with Crippen molar-refractivity contribution >= 4 is 29.3 Å². The summed E-state index contributed by atoms with van der Waals surface area (Å²) in [4.78, 5) is 4.91. The second kappa shape index (κ2) is 6.77. The molecule has 0 spiro atoms. The molecule has 1 saturated carbocycles. The van der Waals surface area contributed by atoms with Crippen LogP contribution in [0.5, 0.6) is 5.75 Å². The lowest BCUT2D eigenvalue weighted by molar-refractivity contribution is -0.0901. The van der Waals surface area contributed by atoms with E-state index in [1.807, 2.05) is 6.07 Å². The minimum Gasteiger partial charge on any atom is -0.467 e. The predicted octanol–water partition coefficient (Wildman–Crippen LogP) is 5.07. The van der Waals surface area contributed by atoms with E-state index in [9.17, 15) is 0 Å². The fraction of sp³-hybridized carbons (Fsp3) is 0.600. The molecule has 0 amide bonds. The number of nitrogens with zero attached hydrogens (tertiary/aromatic N) is 2. The molecule has 25 heavy (non-hydrogen) atoms. The lowest BCUT2D eigenvalue weighted by Crippen LogP contribution is -2.60. The number of rotatable bonds is 2. The van der Waals surface area contributed by atoms with Gasteiger partial charge in [0.15, 0.2) is 5.72 Å². The Labute approximate surface area is 160 Å². The van der Waals surface area contributed by atoms with Crippen LogP contribution in [0.15, 0.2) is 17.7 Å². The van der Waals surface area contributed by atoms with Crippen LogP contribution < -0.4 is 4.74 Å². The number of benzene rings is 1. The number of halogens is 2. The molecule has 0 N–H and O–H groups in total. The van der Waals surface area contributed by atoms with Crippen LogP contribution in [0.3, 0.4) is 0 Å². The summed E-state index contributed by atoms with van der Waals surface area (Å²) in [5.41, 5.74) is 2.05. The summed E-state index contributed by atoms with van der Waals surface area (Å²) in [6.07, 6.45) is 9.18. The van der Waals surface area contributed by atoms with Gasteiger partial charge in [0.2, 0.25) is 0 Å². The number of likely N-dealkylation sites (tertiary alicyclic amines) is 1. The standard InChI is InChI=1S/C20H26Cl2N2O/c1-23-9-6-17(7-10-23)24(2)20-8-4-3-5-15(20)11-14-12-16(21)13-18(22)19(14)25-20/h11-13,17H,3-10H2,1-2H3. The molecule has 1 saturated heterocycles. The Morgan fingerprint density at radius 3 is 2.72 bits per heavy atom. The van der Waals surface area contributed by atoms with Gasteiger partial charge in [0.25, 0.3) is 0 Å². The molecule has 5 heteroatoms. The van der Waals surface area contributed by atoms with Gasteiger partial charge in [0.1, 0.15) is 5.75 Å². The first-order valence-electron chi connectivity index (χ1n) is 9.30. The van der Waals surface area contributed by atoms with Crippen LogP contribution in [0.1, 0.15) is 44.1 Å². The van der Waals surface area contributed by atoms with Gasteiger partial charge in [0.05, 0.1) is 5.02 Å². The zero-order chi connectivity index (χ0) is 17.6. The van der Waals surface area contributed by atoms with Crippen LogP contribution in [0.25, 0.3) is 6.08 Å². The Bertz CT molecular complexity index is 697. The molecule has 1 unspecified atom stereocenters. The molecule has 1 aromatic rings. The lowest BCUT2D eigenvalue weighted by Gasteiger charge is -2.52. The van der Waals surface area contributed by atoms with E-state index in [1.54, 1.807) is 6.07 Å². The largest absolute Gasteiger partial charge is 0.467 e. The second-order valence-electron chi connectivity index (χ2n) is 7.71. The zero-order valence-corrected chi connectivity index (χ0v) is 16.5. The van der Waals surface area contributed by atoms with Crippen LogP contribution in [-0.4, -0.2) is 48.8 Å². The van der Waals surface area contributed by atoms with Gasteiger partial charge < -0.3 is 9.64 Å². The van der Waals surface area contributed by atoms with Gasteiger partial charge in [-0.1, -0.05) is 23.2 Å². The van der Waals surface area contributed by atoms with Crippen LogP contribution >= 0.6 is 23.2 Å². The Kier molecular flexibility index (Phi) is 4.78. The second-order valence-corrected chi connectivity index (χ2v) is 8.56. The number of fused-ring (bicyclic) bond motifs is 2. The van der Waals surface area contributed by atoms with Gasteiger partial charge in [-0.05, 0) is 83.1 Å². The molecular weight excluding hydrogens is 355 g/mol. The molecule has 3 aliphatic rings. The van der Waals surface area contributed by atoms with Crippen molar-refractivity contribution in [3.63, 3.8) is 0 Å². The Balaban J connectivity index is 1.71. The normalized spacial score (nSPS) is 27.5. The van der Waals surface area contributed by atoms with E-state index in [-0.39, 0.29) is 5.72 Å². The van der Waals surface area contributed by atoms with E-state index >= 15 is 0 Å². The summed E-state index contributed by atoms with van der Waals surface area (Å²) in [7, 11) is 4.45. The number of hydrogen-bond acceptors (Lipinski definition) is 3. The monoisotopic (exact) mass is 380 g/mol. The molecule has 0 aromatic heterocycles. The Hall–Kier alpha value is -0.740. The fourth-order valence-corrected chi connectivity index (χ4v) is 5.19. The highest BCUT2D eigenvalue weighted by Gasteiger charge is 2.47. The molecule has 2 heterocycles. The van der Waals surface area contributed by atoms with Crippen LogP contribution in [0.4, 0.5) is 0 Å². The number of piperidine rings is 1. The smallest absolute Gasteiger partial charge is 0.186 e. The van der Waals surface area contributed by atoms with E-state index in [2.05, 4.69) is 30.0 Å². The van der Waals surface area contributed by atoms with E-state index in [4.69, 9.17) is 27.9 Å². The van der Waals surface area contributed by atoms with Crippen LogP contribution in [-0.2, 0) is 0 Å². The highest BCUT2D eigenvalue weighted by Crippen LogP contribution is 2.49. The number of ether oxygens (including phenoxy) is 1. The molecule has 3 nitrogen and oxygen atoms in total. The molecule has 1 atom stereocenters. The summed E-state index contributed by atoms with van der Waals surface area (Å²) < 4.78 is 6.70. The third-order valence-electron chi connectivity index (χ3n) is 6.16. The quantitative estimate of drug-likeness (QED) is 0.712. The highest BCUT2D eigenvalue weighted by molar-refractivity contribution is 6.36. The van der Waals surface area contributed by atoms with Gasteiger partial charge in [-0.3, -0.25) is 4.90 Å². The molecule has 2 aliphatic heterocycles. The molecule has 0 radical (unpaired) electrons. The van der Waals surface area contributed by atoms with Crippen molar-refractivity contribution in [2.45, 2.75) is 50.3 Å². The molecule has 0 bridgehead atoms. The third kappa shape index (κ3) is 3.10.